The summed E-state index contributed by atoms with van der Waals surface area (Å²) in [5.74, 6) is -1.20. The summed E-state index contributed by atoms with van der Waals surface area (Å²) in [6.45, 7) is 22.0. The molecule has 702 valence electrons. The van der Waals surface area contributed by atoms with Crippen LogP contribution in [0.4, 0.5) is 28.4 Å². The van der Waals surface area contributed by atoms with Crippen LogP contribution in [0.25, 0.3) is 0 Å². The van der Waals surface area contributed by atoms with E-state index in [1.807, 2.05) is 119 Å². The van der Waals surface area contributed by atoms with Crippen molar-refractivity contribution in [2.45, 2.75) is 65.8 Å². The average Bonchev–Trinajstić information content (AvgIpc) is 1.65. The van der Waals surface area contributed by atoms with Crippen LogP contribution in [-0.4, -0.2) is 221 Å². The van der Waals surface area contributed by atoms with Gasteiger partial charge in [0.25, 0.3) is 0 Å². The number of nitrogens with one attached hydrogen (secondary N) is 5. The number of halogens is 6. The molecule has 0 aromatic heterocycles. The lowest BCUT2D eigenvalue weighted by atomic mass is 9.89. The standard InChI is InChI=1S/C23H23Cl2N3O2.C22H22BrN3O2.C21H20BrN3O2.C21H19BrN2O2.C21H19ClN2O2/c1-14(2)27-9-11-28(12-10-27)21-20(26-15-7-8-18(24)19(25)13-15)22(29)16-5-3-4-6-17(16)23(21)30;1-2-25-11-13-26(14-12-25)20-19(24-16-9-7-15(23)8-10-16)21(27)17-5-3-4-6-18(17)22(20)28;1-24-9-11-25(12-10-24)19-18(23-15-6-4-5-14(22)13-15)20(26)16-7-2-3-8-17(16)21(19)27;22-14-7-6-8-15(13-14)23-18-19(24-11-4-1-5-12-24)21(26)17-10-3-2-9-16(17)20(18)25;1-13-12-14(8-9-17(13)22)23-18-19(24-10-4-5-11-24)21(26)16-7-3-2-6-15(16)20(18)25/h3-8,13-14,26H,9-12H2,1-2H3;3-10,24H,2,11-14H2,1H3;2-8,13,23H,9-12H2,1H3;2-3,6-10,13,23H,1,4-5,11-12H2;2-3,6-9,12,23H,4-5,10-11H2,1H3. The van der Waals surface area contributed by atoms with Gasteiger partial charge in [-0.05, 0) is 169 Å². The number of rotatable bonds is 17. The maximum absolute atomic E-state index is 13.4. The first kappa shape index (κ1) is 97.9. The number of carbonyl (C=O) groups is 10. The lowest BCUT2D eigenvalue weighted by Crippen LogP contribution is -2.50. The van der Waals surface area contributed by atoms with Crippen molar-refractivity contribution in [2.75, 3.05) is 145 Å². The quantitative estimate of drug-likeness (QED) is 0.0568. The monoisotopic (exact) mass is 2080 g/mol. The third-order valence-electron chi connectivity index (χ3n) is 25.8. The highest BCUT2D eigenvalue weighted by molar-refractivity contribution is 9.11. The van der Waals surface area contributed by atoms with Gasteiger partial charge >= 0.3 is 0 Å². The molecule has 0 amide bonds. The number of carbonyl (C=O) groups excluding carboxylic acids is 10. The van der Waals surface area contributed by atoms with Crippen molar-refractivity contribution in [3.8, 4) is 0 Å². The fourth-order valence-corrected chi connectivity index (χ4v) is 19.9. The summed E-state index contributed by atoms with van der Waals surface area (Å²) in [7, 11) is 2.07. The number of nitrogens with zero attached hydrogens (tertiary/aromatic N) is 8. The Balaban J connectivity index is 0.000000124. The third kappa shape index (κ3) is 21.9. The second-order valence-corrected chi connectivity index (χ2v) is 38.9. The number of likely N-dealkylation sites (tertiary alicyclic amines) is 2. The molecule has 5 fully saturated rings. The van der Waals surface area contributed by atoms with E-state index in [-0.39, 0.29) is 63.5 Å². The van der Waals surface area contributed by atoms with Crippen LogP contribution in [0.2, 0.25) is 15.1 Å². The van der Waals surface area contributed by atoms with Crippen molar-refractivity contribution in [2.24, 2.45) is 0 Å². The molecular formula is C108H103Br3Cl3N13O10. The topological polar surface area (TPSA) is 257 Å². The van der Waals surface area contributed by atoms with Gasteiger partial charge in [0.05, 0.1) is 10.0 Å². The van der Waals surface area contributed by atoms with Crippen molar-refractivity contribution in [3.63, 3.8) is 0 Å². The Morgan fingerprint density at radius 3 is 0.869 bits per heavy atom. The Morgan fingerprint density at radius 2 is 0.555 bits per heavy atom. The first-order valence-corrected chi connectivity index (χ1v) is 49.6. The molecule has 10 aromatic carbocycles. The zero-order valence-electron chi connectivity index (χ0n) is 76.5. The maximum atomic E-state index is 13.4. The molecule has 5 saturated heterocycles. The Labute approximate surface area is 837 Å². The van der Waals surface area contributed by atoms with Gasteiger partial charge in [0, 0.05) is 213 Å². The number of Topliss-reactive ketones (excluding diaryl/α,β-unsaturated/α-hetero) is 10. The van der Waals surface area contributed by atoms with E-state index in [9.17, 15) is 47.9 Å². The molecule has 23 nitrogen and oxygen atoms in total. The molecule has 5 heterocycles. The molecule has 0 unspecified atom stereocenters. The fraction of sp³-hybridized carbons (Fsp3) is 0.259. The normalized spacial score (nSPS) is 17.5. The van der Waals surface area contributed by atoms with Crippen LogP contribution in [0, 0.1) is 6.92 Å². The van der Waals surface area contributed by atoms with E-state index >= 15 is 0 Å². The lowest BCUT2D eigenvalue weighted by molar-refractivity contribution is 0.0882. The zero-order chi connectivity index (χ0) is 96.4. The van der Waals surface area contributed by atoms with Crippen LogP contribution < -0.4 is 26.6 Å². The number of ketones is 10. The Kier molecular flexibility index (Phi) is 31.5. The second-order valence-electron chi connectivity index (χ2n) is 35.0. The summed E-state index contributed by atoms with van der Waals surface area (Å²) < 4.78 is 2.78. The summed E-state index contributed by atoms with van der Waals surface area (Å²) in [5.41, 5.74) is 13.4. The number of hydrogen-bond donors (Lipinski definition) is 5. The van der Waals surface area contributed by atoms with Crippen LogP contribution >= 0.6 is 82.6 Å². The average molecular weight is 2090 g/mol. The van der Waals surface area contributed by atoms with Gasteiger partial charge in [0.2, 0.25) is 57.8 Å². The highest BCUT2D eigenvalue weighted by Gasteiger charge is 2.43. The predicted octanol–water partition coefficient (Wildman–Crippen LogP) is 21.0. The minimum absolute atomic E-state index is 0.0698. The van der Waals surface area contributed by atoms with Crippen LogP contribution in [0.15, 0.2) is 301 Å². The van der Waals surface area contributed by atoms with Gasteiger partial charge in [-0.2, -0.15) is 0 Å². The van der Waals surface area contributed by atoms with E-state index in [1.54, 1.807) is 133 Å². The molecule has 10 aliphatic rings. The Bertz CT molecular complexity index is 6620. The van der Waals surface area contributed by atoms with Crippen molar-refractivity contribution < 1.29 is 47.9 Å². The Morgan fingerprint density at radius 1 is 0.277 bits per heavy atom. The van der Waals surface area contributed by atoms with E-state index in [1.165, 1.54) is 0 Å². The van der Waals surface area contributed by atoms with Crippen molar-refractivity contribution >= 4 is 169 Å². The van der Waals surface area contributed by atoms with Gasteiger partial charge in [0.15, 0.2) is 0 Å². The van der Waals surface area contributed by atoms with Gasteiger partial charge in [0.1, 0.15) is 57.0 Å². The number of benzene rings is 10. The largest absolute Gasteiger partial charge is 0.367 e. The summed E-state index contributed by atoms with van der Waals surface area (Å²) in [5, 5.41) is 17.5. The molecule has 5 aliphatic carbocycles. The summed E-state index contributed by atoms with van der Waals surface area (Å²) in [4.78, 5) is 150. The minimum Gasteiger partial charge on any atom is -0.367 e. The van der Waals surface area contributed by atoms with Gasteiger partial charge in [-0.25, -0.2) is 0 Å². The number of anilines is 5. The lowest BCUT2D eigenvalue weighted by Gasteiger charge is -2.40. The second kappa shape index (κ2) is 44.1. The molecule has 0 saturated carbocycles. The first-order chi connectivity index (χ1) is 66.2. The van der Waals surface area contributed by atoms with Gasteiger partial charge in [-0.1, -0.05) is 223 Å². The van der Waals surface area contributed by atoms with E-state index < -0.39 is 0 Å². The van der Waals surface area contributed by atoms with Gasteiger partial charge < -0.3 is 60.9 Å². The highest BCUT2D eigenvalue weighted by Crippen LogP contribution is 2.40. The molecule has 0 bridgehead atoms. The molecule has 29 heteroatoms. The first-order valence-electron chi connectivity index (χ1n) is 46.1. The zero-order valence-corrected chi connectivity index (χ0v) is 83.5. The highest BCUT2D eigenvalue weighted by atomic mass is 79.9. The van der Waals surface area contributed by atoms with E-state index in [0.29, 0.717) is 147 Å². The van der Waals surface area contributed by atoms with Crippen LogP contribution in [0.1, 0.15) is 162 Å². The predicted molar refractivity (Wildman–Crippen MR) is 551 cm³/mol. The van der Waals surface area contributed by atoms with E-state index in [2.05, 4.69) is 127 Å². The summed E-state index contributed by atoms with van der Waals surface area (Å²) in [6, 6.07) is 69.0. The van der Waals surface area contributed by atoms with E-state index in [0.717, 1.165) is 172 Å². The molecule has 0 atom stereocenters. The number of hydrogen-bond acceptors (Lipinski definition) is 23. The third-order valence-corrected chi connectivity index (χ3v) is 28.5. The molecular weight excluding hydrogens is 1990 g/mol. The summed E-state index contributed by atoms with van der Waals surface area (Å²) >= 11 is 28.6. The molecule has 5 N–H and O–H groups in total. The number of piperazine rings is 3. The number of fused-ring (bicyclic) bond motifs is 5. The van der Waals surface area contributed by atoms with Crippen molar-refractivity contribution in [1.29, 1.82) is 0 Å². The molecule has 10 aromatic rings. The Hall–Kier alpha value is -12.2. The molecule has 20 rings (SSSR count). The fourth-order valence-electron chi connectivity index (χ4n) is 18.4. The number of aryl methyl sites for hydroxylation is 1. The van der Waals surface area contributed by atoms with Gasteiger partial charge in [-0.15, -0.1) is 0 Å². The molecule has 0 spiro atoms. The van der Waals surface area contributed by atoms with Crippen LogP contribution in [0.5, 0.6) is 0 Å². The molecule has 137 heavy (non-hydrogen) atoms. The number of allylic oxidation sites excluding steroid dienone is 10. The number of piperidine rings is 1. The minimum atomic E-state index is -0.197. The molecule has 0 radical (unpaired) electrons. The van der Waals surface area contributed by atoms with Crippen LogP contribution in [-0.2, 0) is 0 Å². The maximum Gasteiger partial charge on any atom is 0.212 e. The van der Waals surface area contributed by atoms with Gasteiger partial charge in [-0.3, -0.25) is 52.8 Å². The van der Waals surface area contributed by atoms with E-state index in [4.69, 9.17) is 34.8 Å². The molecule has 5 aliphatic heterocycles. The smallest absolute Gasteiger partial charge is 0.212 e. The van der Waals surface area contributed by atoms with Crippen molar-refractivity contribution in [3.05, 3.63) is 377 Å². The SMILES string of the molecule is CC(C)N1CCN(C2=C(Nc3ccc(Cl)c(Cl)c3)C(=O)c3ccccc3C2=O)CC1.CCN1CCN(C2=C(Nc3ccc(Br)cc3)C(=O)c3ccccc3C2=O)CC1.CN1CCN(C2=C(Nc3cccc(Br)c3)C(=O)c3ccccc3C2=O)CC1.Cc1cc(NC2=C(N3CCCC3)C(=O)c3ccccc3C2=O)ccc1Cl.O=C1C(Nc2cccc(Br)c2)=C(N2CCCCC2)C(=O)c2ccccc21. The van der Waals surface area contributed by atoms with Crippen molar-refractivity contribution in [1.82, 2.24) is 39.2 Å². The summed E-state index contributed by atoms with van der Waals surface area (Å²) in [6.07, 6.45) is 5.30. The number of likely N-dealkylation sites (N-methyl/N-ethyl adjacent to an activating group) is 2. The van der Waals surface area contributed by atoms with Crippen LogP contribution in [0.3, 0.4) is 0 Å².